The highest BCUT2D eigenvalue weighted by molar-refractivity contribution is 5.77. The SMILES string of the molecule is COc1ccc(F)cc1-c1cn[nH]c1N. The molecule has 0 saturated heterocycles. The molecule has 1 aromatic heterocycles. The van der Waals surface area contributed by atoms with Crippen molar-refractivity contribution in [3.63, 3.8) is 0 Å². The Balaban J connectivity index is 2.60. The summed E-state index contributed by atoms with van der Waals surface area (Å²) in [6, 6.07) is 4.25. The van der Waals surface area contributed by atoms with Crippen molar-refractivity contribution < 1.29 is 9.13 Å². The molecule has 5 heteroatoms. The Morgan fingerprint density at radius 2 is 2.20 bits per heavy atom. The van der Waals surface area contributed by atoms with Gasteiger partial charge in [0, 0.05) is 11.1 Å². The molecule has 0 aliphatic heterocycles. The van der Waals surface area contributed by atoms with E-state index in [9.17, 15) is 4.39 Å². The van der Waals surface area contributed by atoms with Crippen LogP contribution >= 0.6 is 0 Å². The summed E-state index contributed by atoms with van der Waals surface area (Å²) in [5, 5.41) is 6.36. The number of benzene rings is 1. The van der Waals surface area contributed by atoms with Gasteiger partial charge in [-0.25, -0.2) is 4.39 Å². The number of nitrogen functional groups attached to an aromatic ring is 1. The molecule has 78 valence electrons. The highest BCUT2D eigenvalue weighted by atomic mass is 19.1. The minimum Gasteiger partial charge on any atom is -0.496 e. The smallest absolute Gasteiger partial charge is 0.127 e. The van der Waals surface area contributed by atoms with E-state index < -0.39 is 0 Å². The molecular formula is C10H10FN3O. The third-order valence-electron chi connectivity index (χ3n) is 2.12. The fourth-order valence-corrected chi connectivity index (χ4v) is 1.40. The van der Waals surface area contributed by atoms with Gasteiger partial charge in [-0.15, -0.1) is 0 Å². The van der Waals surface area contributed by atoms with E-state index in [0.29, 0.717) is 22.7 Å². The summed E-state index contributed by atoms with van der Waals surface area (Å²) in [7, 11) is 1.52. The number of halogens is 1. The summed E-state index contributed by atoms with van der Waals surface area (Å²) in [6.07, 6.45) is 1.53. The van der Waals surface area contributed by atoms with Gasteiger partial charge in [0.05, 0.1) is 13.3 Å². The average Bonchev–Trinajstić information content (AvgIpc) is 2.64. The molecule has 0 saturated carbocycles. The van der Waals surface area contributed by atoms with Crippen LogP contribution in [0.3, 0.4) is 0 Å². The number of anilines is 1. The van der Waals surface area contributed by atoms with E-state index in [1.165, 1.54) is 25.4 Å². The molecule has 0 bridgehead atoms. The predicted molar refractivity (Wildman–Crippen MR) is 54.9 cm³/mol. The molecule has 2 aromatic rings. The third-order valence-corrected chi connectivity index (χ3v) is 2.12. The number of aromatic amines is 1. The van der Waals surface area contributed by atoms with Gasteiger partial charge in [-0.3, -0.25) is 5.10 Å². The molecule has 0 aliphatic rings. The van der Waals surface area contributed by atoms with Crippen LogP contribution in [0, 0.1) is 5.82 Å². The predicted octanol–water partition coefficient (Wildman–Crippen LogP) is 1.81. The summed E-state index contributed by atoms with van der Waals surface area (Å²) < 4.78 is 18.2. The van der Waals surface area contributed by atoms with Crippen molar-refractivity contribution in [3.05, 3.63) is 30.2 Å². The fraction of sp³-hybridized carbons (Fsp3) is 0.100. The second kappa shape index (κ2) is 3.61. The van der Waals surface area contributed by atoms with Gasteiger partial charge in [0.25, 0.3) is 0 Å². The number of ether oxygens (including phenoxy) is 1. The first-order valence-corrected chi connectivity index (χ1v) is 4.35. The Bertz CT molecular complexity index is 481. The first-order chi connectivity index (χ1) is 7.22. The molecule has 0 radical (unpaired) electrons. The molecule has 2 rings (SSSR count). The zero-order chi connectivity index (χ0) is 10.8. The van der Waals surface area contributed by atoms with Crippen LogP contribution < -0.4 is 10.5 Å². The molecular weight excluding hydrogens is 197 g/mol. The largest absolute Gasteiger partial charge is 0.496 e. The van der Waals surface area contributed by atoms with Gasteiger partial charge < -0.3 is 10.5 Å². The number of hydrogen-bond acceptors (Lipinski definition) is 3. The van der Waals surface area contributed by atoms with Gasteiger partial charge in [-0.1, -0.05) is 0 Å². The number of H-pyrrole nitrogens is 1. The highest BCUT2D eigenvalue weighted by Crippen LogP contribution is 2.32. The zero-order valence-electron chi connectivity index (χ0n) is 8.12. The lowest BCUT2D eigenvalue weighted by Crippen LogP contribution is -1.92. The van der Waals surface area contributed by atoms with Crippen molar-refractivity contribution in [1.82, 2.24) is 10.2 Å². The van der Waals surface area contributed by atoms with E-state index in [2.05, 4.69) is 10.2 Å². The molecule has 3 N–H and O–H groups in total. The number of nitrogens with two attached hydrogens (primary N) is 1. The standard InChI is InChI=1S/C10H10FN3O/c1-15-9-3-2-6(11)4-7(9)8-5-13-14-10(8)12/h2-5H,1H3,(H3,12,13,14). The van der Waals surface area contributed by atoms with Crippen molar-refractivity contribution in [3.8, 4) is 16.9 Å². The maximum Gasteiger partial charge on any atom is 0.127 e. The van der Waals surface area contributed by atoms with E-state index in [-0.39, 0.29) is 5.82 Å². The second-order valence-corrected chi connectivity index (χ2v) is 3.04. The van der Waals surface area contributed by atoms with Crippen LogP contribution in [0.4, 0.5) is 10.2 Å². The number of rotatable bonds is 2. The Morgan fingerprint density at radius 3 is 2.80 bits per heavy atom. The van der Waals surface area contributed by atoms with E-state index in [1.807, 2.05) is 0 Å². The van der Waals surface area contributed by atoms with Gasteiger partial charge in [0.2, 0.25) is 0 Å². The maximum atomic E-state index is 13.1. The molecule has 1 heterocycles. The van der Waals surface area contributed by atoms with E-state index >= 15 is 0 Å². The third kappa shape index (κ3) is 1.63. The minimum atomic E-state index is -0.341. The van der Waals surface area contributed by atoms with Crippen LogP contribution in [0.5, 0.6) is 5.75 Å². The number of nitrogens with one attached hydrogen (secondary N) is 1. The Morgan fingerprint density at radius 1 is 1.40 bits per heavy atom. The molecule has 4 nitrogen and oxygen atoms in total. The monoisotopic (exact) mass is 207 g/mol. The van der Waals surface area contributed by atoms with Crippen molar-refractivity contribution in [2.75, 3.05) is 12.8 Å². The van der Waals surface area contributed by atoms with Crippen molar-refractivity contribution >= 4 is 5.82 Å². The van der Waals surface area contributed by atoms with Crippen LogP contribution in [-0.4, -0.2) is 17.3 Å². The first kappa shape index (κ1) is 9.51. The van der Waals surface area contributed by atoms with E-state index in [1.54, 1.807) is 6.07 Å². The molecule has 15 heavy (non-hydrogen) atoms. The van der Waals surface area contributed by atoms with Gasteiger partial charge in [-0.05, 0) is 18.2 Å². The number of methoxy groups -OCH3 is 1. The van der Waals surface area contributed by atoms with E-state index in [4.69, 9.17) is 10.5 Å². The molecule has 0 fully saturated rings. The summed E-state index contributed by atoms with van der Waals surface area (Å²) >= 11 is 0. The number of nitrogens with zero attached hydrogens (tertiary/aromatic N) is 1. The summed E-state index contributed by atoms with van der Waals surface area (Å²) in [6.45, 7) is 0. The minimum absolute atomic E-state index is 0.341. The Hall–Kier alpha value is -2.04. The molecule has 1 aromatic carbocycles. The van der Waals surface area contributed by atoms with Crippen LogP contribution in [-0.2, 0) is 0 Å². The molecule has 0 spiro atoms. The quantitative estimate of drug-likeness (QED) is 0.789. The van der Waals surface area contributed by atoms with E-state index in [0.717, 1.165) is 0 Å². The average molecular weight is 207 g/mol. The highest BCUT2D eigenvalue weighted by Gasteiger charge is 2.11. The van der Waals surface area contributed by atoms with Crippen LogP contribution in [0.2, 0.25) is 0 Å². The molecule has 0 aliphatic carbocycles. The lowest BCUT2D eigenvalue weighted by molar-refractivity contribution is 0.415. The number of aromatic nitrogens is 2. The summed E-state index contributed by atoms with van der Waals surface area (Å²) in [5.74, 6) is 0.606. The summed E-state index contributed by atoms with van der Waals surface area (Å²) in [4.78, 5) is 0. The fourth-order valence-electron chi connectivity index (χ4n) is 1.40. The van der Waals surface area contributed by atoms with Crippen molar-refractivity contribution in [2.45, 2.75) is 0 Å². The summed E-state index contributed by atoms with van der Waals surface area (Å²) in [5.41, 5.74) is 6.87. The van der Waals surface area contributed by atoms with Crippen molar-refractivity contribution in [2.24, 2.45) is 0 Å². The Labute approximate surface area is 85.9 Å². The van der Waals surface area contributed by atoms with Crippen LogP contribution in [0.1, 0.15) is 0 Å². The number of hydrogen-bond donors (Lipinski definition) is 2. The first-order valence-electron chi connectivity index (χ1n) is 4.35. The molecule has 0 atom stereocenters. The molecule has 0 amide bonds. The second-order valence-electron chi connectivity index (χ2n) is 3.04. The van der Waals surface area contributed by atoms with Gasteiger partial charge in [0.1, 0.15) is 17.4 Å². The lowest BCUT2D eigenvalue weighted by atomic mass is 10.1. The molecule has 0 unspecified atom stereocenters. The van der Waals surface area contributed by atoms with Gasteiger partial charge >= 0.3 is 0 Å². The van der Waals surface area contributed by atoms with Crippen molar-refractivity contribution in [1.29, 1.82) is 0 Å². The van der Waals surface area contributed by atoms with Gasteiger partial charge in [0.15, 0.2) is 0 Å². The van der Waals surface area contributed by atoms with Crippen LogP contribution in [0.25, 0.3) is 11.1 Å². The van der Waals surface area contributed by atoms with Crippen LogP contribution in [0.15, 0.2) is 24.4 Å². The Kier molecular flexibility index (Phi) is 2.29. The topological polar surface area (TPSA) is 63.9 Å². The normalized spacial score (nSPS) is 10.3. The lowest BCUT2D eigenvalue weighted by Gasteiger charge is -2.07. The van der Waals surface area contributed by atoms with Gasteiger partial charge in [-0.2, -0.15) is 5.10 Å². The maximum absolute atomic E-state index is 13.1. The zero-order valence-corrected chi connectivity index (χ0v) is 8.12.